The first kappa shape index (κ1) is 17.4. The molecule has 0 aromatic heterocycles. The molecule has 142 valence electrons. The van der Waals surface area contributed by atoms with E-state index >= 15 is 0 Å². The van der Waals surface area contributed by atoms with Gasteiger partial charge < -0.3 is 14.8 Å². The van der Waals surface area contributed by atoms with E-state index in [0.29, 0.717) is 13.1 Å². The van der Waals surface area contributed by atoms with E-state index in [1.807, 2.05) is 0 Å². The number of ether oxygens (including phenoxy) is 2. The molecule has 0 saturated carbocycles. The Morgan fingerprint density at radius 1 is 1.15 bits per heavy atom. The molecule has 3 atom stereocenters. The maximum Gasteiger partial charge on any atom is 0.298 e. The molecule has 4 aliphatic rings. The summed E-state index contributed by atoms with van der Waals surface area (Å²) >= 11 is 0. The second-order valence-corrected chi connectivity index (χ2v) is 6.72. The van der Waals surface area contributed by atoms with E-state index in [1.165, 1.54) is 12.2 Å². The number of hydrogen-bond acceptors (Lipinski definition) is 8. The van der Waals surface area contributed by atoms with Gasteiger partial charge in [0, 0.05) is 19.5 Å². The minimum atomic E-state index is -1.07. The third kappa shape index (κ3) is 2.81. The average molecular weight is 375 g/mol. The number of likely N-dealkylation sites (tertiary alicyclic amines) is 1. The van der Waals surface area contributed by atoms with Crippen LogP contribution in [0.1, 0.15) is 12.8 Å². The lowest BCUT2D eigenvalue weighted by Gasteiger charge is -2.31. The molecule has 4 amide bonds. The number of imide groups is 2. The topological polar surface area (TPSA) is 131 Å². The highest BCUT2D eigenvalue weighted by Crippen LogP contribution is 2.40. The summed E-state index contributed by atoms with van der Waals surface area (Å²) in [4.78, 5) is 61.1. The molecular weight excluding hydrogens is 358 g/mol. The molecule has 27 heavy (non-hydrogen) atoms. The molecule has 10 nitrogen and oxygen atoms in total. The molecule has 0 spiro atoms. The lowest BCUT2D eigenvalue weighted by molar-refractivity contribution is -0.151. The zero-order valence-electron chi connectivity index (χ0n) is 14.2. The predicted molar refractivity (Wildman–Crippen MR) is 86.1 cm³/mol. The van der Waals surface area contributed by atoms with Crippen molar-refractivity contribution >= 4 is 30.1 Å². The monoisotopic (exact) mass is 375 g/mol. The lowest BCUT2D eigenvalue weighted by atomic mass is 9.88. The summed E-state index contributed by atoms with van der Waals surface area (Å²) in [5.41, 5.74) is 0. The summed E-state index contributed by atoms with van der Waals surface area (Å²) in [6, 6.07) is -1.06. The van der Waals surface area contributed by atoms with Crippen LogP contribution in [0.4, 0.5) is 0 Å². The van der Waals surface area contributed by atoms with Crippen LogP contribution in [0.3, 0.4) is 0 Å². The van der Waals surface area contributed by atoms with Crippen molar-refractivity contribution in [2.45, 2.75) is 25.0 Å². The van der Waals surface area contributed by atoms with Crippen molar-refractivity contribution in [3.8, 4) is 0 Å². The van der Waals surface area contributed by atoms with Crippen LogP contribution in [0.15, 0.2) is 23.7 Å². The van der Waals surface area contributed by atoms with Gasteiger partial charge >= 0.3 is 0 Å². The second-order valence-electron chi connectivity index (χ2n) is 6.72. The standard InChI is InChI=1S/C17H17N3O7/c21-7-26-14-11(27-8-5-18-6-8)3-1-9-13(14)17(25)20(16(9)24)10-2-4-12(22)19-15(10)23/h1,3,7-10,13,18H,2,4-6H2,(H,19,22,23). The number of rotatable bonds is 5. The van der Waals surface area contributed by atoms with Gasteiger partial charge in [-0.25, -0.2) is 0 Å². The molecule has 0 aromatic rings. The molecule has 3 heterocycles. The van der Waals surface area contributed by atoms with E-state index in [4.69, 9.17) is 9.47 Å². The van der Waals surface area contributed by atoms with Crippen LogP contribution in [-0.2, 0) is 33.4 Å². The normalized spacial score (nSPS) is 30.8. The largest absolute Gasteiger partial charge is 0.484 e. The Hall–Kier alpha value is -3.01. The lowest BCUT2D eigenvalue weighted by Crippen LogP contribution is -2.54. The Balaban J connectivity index is 1.64. The third-order valence-electron chi connectivity index (χ3n) is 5.10. The van der Waals surface area contributed by atoms with Gasteiger partial charge in [0.1, 0.15) is 18.1 Å². The summed E-state index contributed by atoms with van der Waals surface area (Å²) in [6.45, 7) is 1.42. The first-order valence-corrected chi connectivity index (χ1v) is 8.62. The fourth-order valence-electron chi connectivity index (χ4n) is 3.65. The molecule has 0 radical (unpaired) electrons. The SMILES string of the molecule is O=COC1=C(OC2CNC2)C=CC2C(=O)N(C3CCC(=O)NC3=O)C(=O)C12. The smallest absolute Gasteiger partial charge is 0.298 e. The van der Waals surface area contributed by atoms with Gasteiger partial charge in [-0.3, -0.25) is 34.2 Å². The highest BCUT2D eigenvalue weighted by Gasteiger charge is 2.55. The quantitative estimate of drug-likeness (QED) is 0.431. The van der Waals surface area contributed by atoms with Crippen molar-refractivity contribution < 1.29 is 33.4 Å². The fraction of sp³-hybridized carbons (Fsp3) is 0.471. The maximum absolute atomic E-state index is 13.0. The molecular formula is C17H17N3O7. The summed E-state index contributed by atoms with van der Waals surface area (Å²) in [5, 5.41) is 5.18. The molecule has 3 fully saturated rings. The predicted octanol–water partition coefficient (Wildman–Crippen LogP) is -1.66. The number of nitrogens with one attached hydrogen (secondary N) is 2. The number of fused-ring (bicyclic) bond motifs is 1. The van der Waals surface area contributed by atoms with Crippen molar-refractivity contribution in [1.29, 1.82) is 0 Å². The van der Waals surface area contributed by atoms with E-state index in [1.54, 1.807) is 0 Å². The molecule has 0 aromatic carbocycles. The Bertz CT molecular complexity index is 798. The molecule has 4 rings (SSSR count). The minimum Gasteiger partial charge on any atom is -0.484 e. The maximum atomic E-state index is 13.0. The highest BCUT2D eigenvalue weighted by atomic mass is 16.5. The molecule has 3 saturated heterocycles. The molecule has 3 aliphatic heterocycles. The summed E-state index contributed by atoms with van der Waals surface area (Å²) in [7, 11) is 0. The van der Waals surface area contributed by atoms with E-state index in [-0.39, 0.29) is 36.9 Å². The number of hydrogen-bond donors (Lipinski definition) is 2. The number of carbonyl (C=O) groups excluding carboxylic acids is 5. The Morgan fingerprint density at radius 3 is 2.56 bits per heavy atom. The Morgan fingerprint density at radius 2 is 1.93 bits per heavy atom. The van der Waals surface area contributed by atoms with Crippen molar-refractivity contribution in [1.82, 2.24) is 15.5 Å². The summed E-state index contributed by atoms with van der Waals surface area (Å²) in [6.07, 6.45) is 3.02. The fourth-order valence-corrected chi connectivity index (χ4v) is 3.65. The highest BCUT2D eigenvalue weighted by molar-refractivity contribution is 6.12. The Kier molecular flexibility index (Phi) is 4.27. The number of piperidine rings is 1. The van der Waals surface area contributed by atoms with Crippen molar-refractivity contribution in [3.63, 3.8) is 0 Å². The number of carbonyl (C=O) groups is 5. The van der Waals surface area contributed by atoms with Gasteiger partial charge in [-0.2, -0.15) is 0 Å². The molecule has 2 N–H and O–H groups in total. The molecule has 1 aliphatic carbocycles. The minimum absolute atomic E-state index is 0.0301. The van der Waals surface area contributed by atoms with E-state index in [9.17, 15) is 24.0 Å². The zero-order chi connectivity index (χ0) is 19.1. The van der Waals surface area contributed by atoms with Gasteiger partial charge in [-0.15, -0.1) is 0 Å². The van der Waals surface area contributed by atoms with Gasteiger partial charge in [-0.05, 0) is 12.5 Å². The average Bonchev–Trinajstić information content (AvgIpc) is 2.84. The van der Waals surface area contributed by atoms with Crippen LogP contribution in [0, 0.1) is 11.8 Å². The van der Waals surface area contributed by atoms with Crippen LogP contribution in [0.25, 0.3) is 0 Å². The number of allylic oxidation sites excluding steroid dienone is 1. The third-order valence-corrected chi connectivity index (χ3v) is 5.10. The van der Waals surface area contributed by atoms with Crippen LogP contribution >= 0.6 is 0 Å². The number of amides is 4. The summed E-state index contributed by atoms with van der Waals surface area (Å²) < 4.78 is 10.8. The van der Waals surface area contributed by atoms with Gasteiger partial charge in [0.25, 0.3) is 6.47 Å². The van der Waals surface area contributed by atoms with Gasteiger partial charge in [0.2, 0.25) is 23.6 Å². The number of nitrogens with zero attached hydrogens (tertiary/aromatic N) is 1. The molecule has 3 unspecified atom stereocenters. The first-order valence-electron chi connectivity index (χ1n) is 8.62. The van der Waals surface area contributed by atoms with Gasteiger partial charge in [0.05, 0.1) is 5.92 Å². The van der Waals surface area contributed by atoms with E-state index in [0.717, 1.165) is 4.90 Å². The van der Waals surface area contributed by atoms with Crippen molar-refractivity contribution in [3.05, 3.63) is 23.7 Å². The first-order chi connectivity index (χ1) is 13.0. The van der Waals surface area contributed by atoms with E-state index < -0.39 is 41.5 Å². The zero-order valence-corrected chi connectivity index (χ0v) is 14.2. The van der Waals surface area contributed by atoms with Crippen LogP contribution in [-0.4, -0.2) is 60.2 Å². The summed E-state index contributed by atoms with van der Waals surface area (Å²) in [5.74, 6) is -4.10. The molecule has 10 heteroatoms. The van der Waals surface area contributed by atoms with Gasteiger partial charge in [-0.1, -0.05) is 6.08 Å². The van der Waals surface area contributed by atoms with E-state index in [2.05, 4.69) is 10.6 Å². The van der Waals surface area contributed by atoms with Crippen LogP contribution in [0.5, 0.6) is 0 Å². The van der Waals surface area contributed by atoms with Gasteiger partial charge in [0.15, 0.2) is 11.5 Å². The van der Waals surface area contributed by atoms with Crippen molar-refractivity contribution in [2.24, 2.45) is 11.8 Å². The second kappa shape index (κ2) is 6.62. The van der Waals surface area contributed by atoms with Crippen molar-refractivity contribution in [2.75, 3.05) is 13.1 Å². The Labute approximate surface area is 153 Å². The van der Waals surface area contributed by atoms with Crippen LogP contribution < -0.4 is 10.6 Å². The molecule has 0 bridgehead atoms. The van der Waals surface area contributed by atoms with Crippen LogP contribution in [0.2, 0.25) is 0 Å².